The molecule has 2 aliphatic carbocycles. The molecule has 246 valence electrons. The van der Waals surface area contributed by atoms with E-state index >= 15 is 8.78 Å². The van der Waals surface area contributed by atoms with Crippen molar-refractivity contribution in [3.8, 4) is 11.1 Å². The molecular weight excluding hydrogens is 640 g/mol. The quantitative estimate of drug-likeness (QED) is 0.200. The van der Waals surface area contributed by atoms with Crippen molar-refractivity contribution in [1.82, 2.24) is 35.2 Å². The molecule has 3 atom stereocenters. The predicted molar refractivity (Wildman–Crippen MR) is 158 cm³/mol. The topological polar surface area (TPSA) is 109 Å². The van der Waals surface area contributed by atoms with Gasteiger partial charge in [0, 0.05) is 42.3 Å². The third kappa shape index (κ3) is 4.82. The smallest absolute Gasteiger partial charge is 0.293 e. The van der Waals surface area contributed by atoms with Gasteiger partial charge in [-0.2, -0.15) is 19.0 Å². The Labute approximate surface area is 267 Å². The largest absolute Gasteiger partial charge is 0.346 e. The molecule has 5 aromatic rings. The highest BCUT2D eigenvalue weighted by atomic mass is 19.3. The molecule has 0 spiro atoms. The molecule has 0 saturated heterocycles. The Morgan fingerprint density at radius 2 is 1.85 bits per heavy atom. The second-order valence-electron chi connectivity index (χ2n) is 12.5. The van der Waals surface area contributed by atoms with Crippen LogP contribution in [0.3, 0.4) is 0 Å². The summed E-state index contributed by atoms with van der Waals surface area (Å²) in [4.78, 5) is 32.8. The molecule has 1 aliphatic heterocycles. The van der Waals surface area contributed by atoms with Gasteiger partial charge in [-0.1, -0.05) is 12.1 Å². The van der Waals surface area contributed by atoms with Crippen molar-refractivity contribution in [3.63, 3.8) is 0 Å². The number of halogens is 6. The number of nitrogens with one attached hydrogen (secondary N) is 2. The van der Waals surface area contributed by atoms with E-state index in [9.17, 15) is 27.2 Å². The van der Waals surface area contributed by atoms with Gasteiger partial charge in [0.15, 0.2) is 0 Å². The first-order chi connectivity index (χ1) is 22.9. The summed E-state index contributed by atoms with van der Waals surface area (Å²) in [7, 11) is 1.67. The monoisotopic (exact) mass is 665 g/mol. The van der Waals surface area contributed by atoms with E-state index in [0.717, 1.165) is 17.7 Å². The molecule has 1 unspecified atom stereocenters. The number of aromatic nitrogens is 5. The minimum Gasteiger partial charge on any atom is -0.346 e. The van der Waals surface area contributed by atoms with Gasteiger partial charge < -0.3 is 10.2 Å². The first kappa shape index (κ1) is 30.1. The van der Waals surface area contributed by atoms with Gasteiger partial charge in [0.25, 0.3) is 18.3 Å². The summed E-state index contributed by atoms with van der Waals surface area (Å²) >= 11 is 0. The summed E-state index contributed by atoms with van der Waals surface area (Å²) < 4.78 is 87.4. The molecule has 0 bridgehead atoms. The SMILES string of the molecule is CN1Cc2ccc(-c3cc4[nH]ncc4nc3C(Cc3cc(F)cc(F)c3)NC(=O)Cn3nc(C(F)F)c4c3C(F)(F)[C@@H]3C[C@H]43)cc2C1=O. The Bertz CT molecular complexity index is 2140. The van der Waals surface area contributed by atoms with Crippen LogP contribution in [0.5, 0.6) is 0 Å². The molecule has 3 aliphatic rings. The lowest BCUT2D eigenvalue weighted by molar-refractivity contribution is -0.123. The number of benzene rings is 2. The Morgan fingerprint density at radius 3 is 2.60 bits per heavy atom. The number of hydrogen-bond acceptors (Lipinski definition) is 5. The van der Waals surface area contributed by atoms with Crippen molar-refractivity contribution in [2.45, 2.75) is 50.2 Å². The molecule has 1 saturated carbocycles. The second kappa shape index (κ2) is 10.7. The Morgan fingerprint density at radius 1 is 1.08 bits per heavy atom. The summed E-state index contributed by atoms with van der Waals surface area (Å²) in [6.45, 7) is -0.394. The van der Waals surface area contributed by atoms with Crippen LogP contribution in [-0.4, -0.2) is 48.7 Å². The number of carbonyl (C=O) groups is 2. The number of rotatable bonds is 8. The van der Waals surface area contributed by atoms with Crippen molar-refractivity contribution in [3.05, 3.63) is 99.6 Å². The molecule has 48 heavy (non-hydrogen) atoms. The maximum Gasteiger partial charge on any atom is 0.293 e. The van der Waals surface area contributed by atoms with Crippen molar-refractivity contribution >= 4 is 22.8 Å². The van der Waals surface area contributed by atoms with Crippen LogP contribution < -0.4 is 5.32 Å². The lowest BCUT2D eigenvalue weighted by Crippen LogP contribution is -2.35. The van der Waals surface area contributed by atoms with Crippen molar-refractivity contribution in [1.29, 1.82) is 0 Å². The van der Waals surface area contributed by atoms with Crippen molar-refractivity contribution in [2.24, 2.45) is 5.92 Å². The molecule has 2 aromatic carbocycles. The van der Waals surface area contributed by atoms with Gasteiger partial charge in [-0.3, -0.25) is 19.4 Å². The normalized spacial score (nSPS) is 19.5. The molecule has 1 fully saturated rings. The third-order valence-electron chi connectivity index (χ3n) is 9.35. The van der Waals surface area contributed by atoms with Crippen molar-refractivity contribution in [2.75, 3.05) is 7.05 Å². The highest BCUT2D eigenvalue weighted by molar-refractivity contribution is 5.99. The highest BCUT2D eigenvalue weighted by Crippen LogP contribution is 2.68. The number of alkyl halides is 4. The maximum atomic E-state index is 15.2. The molecule has 9 nitrogen and oxygen atoms in total. The van der Waals surface area contributed by atoms with Crippen LogP contribution in [0.1, 0.15) is 68.9 Å². The van der Waals surface area contributed by atoms with Gasteiger partial charge >= 0.3 is 0 Å². The van der Waals surface area contributed by atoms with Gasteiger partial charge in [0.05, 0.1) is 23.4 Å². The first-order valence-corrected chi connectivity index (χ1v) is 15.1. The fraction of sp³-hybridized carbons (Fsp3) is 0.303. The lowest BCUT2D eigenvalue weighted by atomic mass is 9.93. The number of hydrogen-bond donors (Lipinski definition) is 2. The Hall–Kier alpha value is -5.21. The zero-order valence-corrected chi connectivity index (χ0v) is 25.1. The number of nitrogens with zero attached hydrogens (tertiary/aromatic N) is 5. The minimum atomic E-state index is -3.43. The van der Waals surface area contributed by atoms with Crippen LogP contribution in [0.4, 0.5) is 26.3 Å². The van der Waals surface area contributed by atoms with Gasteiger partial charge in [-0.05, 0) is 59.7 Å². The summed E-state index contributed by atoms with van der Waals surface area (Å²) in [5.41, 5.74) is 1.91. The zero-order valence-electron chi connectivity index (χ0n) is 25.1. The molecule has 3 aromatic heterocycles. The Kier molecular flexibility index (Phi) is 6.69. The minimum absolute atomic E-state index is 0.0688. The number of carbonyl (C=O) groups excluding carboxylic acids is 2. The van der Waals surface area contributed by atoms with Crippen molar-refractivity contribution < 1.29 is 35.9 Å². The first-order valence-electron chi connectivity index (χ1n) is 15.1. The maximum absolute atomic E-state index is 15.2. The van der Waals surface area contributed by atoms with Gasteiger partial charge in [0.2, 0.25) is 5.91 Å². The molecule has 2 amide bonds. The fourth-order valence-electron chi connectivity index (χ4n) is 7.14. The van der Waals surface area contributed by atoms with E-state index in [0.29, 0.717) is 45.0 Å². The van der Waals surface area contributed by atoms with E-state index in [4.69, 9.17) is 4.98 Å². The van der Waals surface area contributed by atoms with Crippen LogP contribution in [0.25, 0.3) is 22.2 Å². The van der Waals surface area contributed by atoms with E-state index < -0.39 is 65.7 Å². The van der Waals surface area contributed by atoms with Crippen LogP contribution in [0.15, 0.2) is 48.7 Å². The van der Waals surface area contributed by atoms with Crippen LogP contribution in [-0.2, 0) is 30.2 Å². The van der Waals surface area contributed by atoms with Gasteiger partial charge in [-0.15, -0.1) is 0 Å². The fourth-order valence-corrected chi connectivity index (χ4v) is 7.14. The van der Waals surface area contributed by atoms with Crippen LogP contribution in [0, 0.1) is 17.6 Å². The third-order valence-corrected chi connectivity index (χ3v) is 9.35. The van der Waals surface area contributed by atoms with E-state index in [1.807, 2.05) is 0 Å². The molecule has 2 N–H and O–H groups in total. The highest BCUT2D eigenvalue weighted by Gasteiger charge is 2.67. The van der Waals surface area contributed by atoms with E-state index in [2.05, 4.69) is 20.6 Å². The molecule has 0 radical (unpaired) electrons. The standard InChI is InChI=1S/C33H25F6N7O2/c1-45-12-16-3-2-15(7-20(16)32(45)48)19-10-23-25(11-40-43-23)42-28(19)24(6-14-4-17(34)8-18(35)5-14)41-26(47)13-46-30-27(29(44-46)31(36)37)21-9-22(21)33(30,38)39/h2-5,7-8,10-11,21-22,24,31H,6,9,12-13H2,1H3,(H,40,43)(H,41,47)/t21-,22+,24?/m0/s1. The summed E-state index contributed by atoms with van der Waals surface area (Å²) in [5.74, 6) is -8.05. The molecular formula is C33H25F6N7O2. The number of amides is 2. The van der Waals surface area contributed by atoms with Gasteiger partial charge in [0.1, 0.15) is 35.1 Å². The number of fused-ring (bicyclic) bond motifs is 5. The summed E-state index contributed by atoms with van der Waals surface area (Å²) in [5, 5.41) is 13.3. The number of H-pyrrole nitrogens is 1. The summed E-state index contributed by atoms with van der Waals surface area (Å²) in [6.07, 6.45) is -1.80. The number of pyridine rings is 1. The molecule has 8 rings (SSSR count). The lowest BCUT2D eigenvalue weighted by Gasteiger charge is -2.23. The Balaban J connectivity index is 1.21. The predicted octanol–water partition coefficient (Wildman–Crippen LogP) is 5.93. The molecule has 4 heterocycles. The van der Waals surface area contributed by atoms with Crippen LogP contribution >= 0.6 is 0 Å². The van der Waals surface area contributed by atoms with E-state index in [1.165, 1.54) is 6.20 Å². The molecule has 15 heteroatoms. The summed E-state index contributed by atoms with van der Waals surface area (Å²) in [6, 6.07) is 8.73. The van der Waals surface area contributed by atoms with E-state index in [1.54, 1.807) is 36.2 Å². The average Bonchev–Trinajstić information content (AvgIpc) is 3.27. The zero-order chi connectivity index (χ0) is 33.6. The van der Waals surface area contributed by atoms with Crippen LogP contribution in [0.2, 0.25) is 0 Å². The second-order valence-corrected chi connectivity index (χ2v) is 12.5. The number of aromatic amines is 1. The van der Waals surface area contributed by atoms with E-state index in [-0.39, 0.29) is 35.6 Å². The van der Waals surface area contributed by atoms with Gasteiger partial charge in [-0.25, -0.2) is 22.5 Å². The average molecular weight is 666 g/mol.